The second-order valence-corrected chi connectivity index (χ2v) is 19.6. The number of hydrogen-bond donors (Lipinski definition) is 0. The summed E-state index contributed by atoms with van der Waals surface area (Å²) in [5, 5.41) is 7.15. The lowest BCUT2D eigenvalue weighted by Gasteiger charge is -2.27. The third-order valence-corrected chi connectivity index (χ3v) is 14.5. The van der Waals surface area contributed by atoms with Crippen LogP contribution < -0.4 is 14.5 Å². The van der Waals surface area contributed by atoms with Gasteiger partial charge in [0.05, 0.1) is 44.6 Å². The molecular formula is C64H47N5O. The normalized spacial score (nSPS) is 13.0. The zero-order chi connectivity index (χ0) is 46.7. The molecule has 0 saturated heterocycles. The van der Waals surface area contributed by atoms with Gasteiger partial charge >= 0.3 is 0 Å². The van der Waals surface area contributed by atoms with Crippen LogP contribution in [0.25, 0.3) is 87.8 Å². The van der Waals surface area contributed by atoms with Gasteiger partial charge in [-0.05, 0) is 76.7 Å². The number of benzene rings is 9. The van der Waals surface area contributed by atoms with Crippen molar-refractivity contribution in [3.05, 3.63) is 224 Å². The van der Waals surface area contributed by atoms with Crippen LogP contribution in [0.1, 0.15) is 26.3 Å². The number of fused-ring (bicyclic) bond motifs is 11. The fourth-order valence-corrected chi connectivity index (χ4v) is 11.3. The van der Waals surface area contributed by atoms with Crippen molar-refractivity contribution in [1.82, 2.24) is 13.8 Å². The summed E-state index contributed by atoms with van der Waals surface area (Å²) in [6.45, 7) is 7.43. The molecule has 0 radical (unpaired) electrons. The molecule has 0 unspecified atom stereocenters. The highest BCUT2D eigenvalue weighted by Gasteiger charge is 2.32. The topological polar surface area (TPSA) is 37.4 Å². The third-order valence-electron chi connectivity index (χ3n) is 14.5. The molecule has 0 bridgehead atoms. The minimum absolute atomic E-state index is 0.0619. The Hall–Kier alpha value is -8.87. The van der Waals surface area contributed by atoms with Gasteiger partial charge < -0.3 is 18.9 Å². The summed E-state index contributed by atoms with van der Waals surface area (Å²) < 4.78 is 11.7. The molecule has 70 heavy (non-hydrogen) atoms. The van der Waals surface area contributed by atoms with Gasteiger partial charge in [0.1, 0.15) is 18.2 Å². The van der Waals surface area contributed by atoms with Gasteiger partial charge in [0.15, 0.2) is 5.65 Å². The molecule has 0 saturated carbocycles. The molecule has 1 aliphatic heterocycles. The van der Waals surface area contributed by atoms with E-state index in [9.17, 15) is 0 Å². The van der Waals surface area contributed by atoms with E-state index in [0.717, 1.165) is 61.7 Å². The summed E-state index contributed by atoms with van der Waals surface area (Å²) in [7, 11) is 0. The molecule has 334 valence electrons. The average molecular weight is 902 g/mol. The Balaban J connectivity index is 0.891. The Kier molecular flexibility index (Phi) is 8.80. The van der Waals surface area contributed by atoms with Crippen LogP contribution in [-0.2, 0) is 5.41 Å². The third kappa shape index (κ3) is 6.09. The summed E-state index contributed by atoms with van der Waals surface area (Å²) in [6, 6.07) is 76.7. The summed E-state index contributed by atoms with van der Waals surface area (Å²) in [5.41, 5.74) is 17.1. The number of aromatic nitrogens is 3. The predicted molar refractivity (Wildman–Crippen MR) is 292 cm³/mol. The number of pyridine rings is 1. The summed E-state index contributed by atoms with van der Waals surface area (Å²) in [4.78, 5) is 10.1. The predicted octanol–water partition coefficient (Wildman–Crippen LogP) is 17.0. The van der Waals surface area contributed by atoms with Crippen molar-refractivity contribution in [2.75, 3.05) is 16.5 Å². The van der Waals surface area contributed by atoms with E-state index in [1.807, 2.05) is 12.3 Å². The number of ether oxygens (including phenoxy) is 1. The molecule has 0 N–H and O–H groups in total. The first-order chi connectivity index (χ1) is 34.4. The highest BCUT2D eigenvalue weighted by Crippen LogP contribution is 2.51. The van der Waals surface area contributed by atoms with Crippen LogP contribution in [0.15, 0.2) is 219 Å². The van der Waals surface area contributed by atoms with Gasteiger partial charge in [-0.1, -0.05) is 166 Å². The van der Waals surface area contributed by atoms with Gasteiger partial charge in [-0.3, -0.25) is 4.40 Å². The molecule has 6 nitrogen and oxygen atoms in total. The van der Waals surface area contributed by atoms with E-state index in [1.54, 1.807) is 0 Å². The second kappa shape index (κ2) is 15.3. The van der Waals surface area contributed by atoms with E-state index in [4.69, 9.17) is 9.72 Å². The van der Waals surface area contributed by atoms with Crippen LogP contribution in [0.3, 0.4) is 0 Å². The molecule has 4 aromatic heterocycles. The highest BCUT2D eigenvalue weighted by molar-refractivity contribution is 6.25. The van der Waals surface area contributed by atoms with Crippen molar-refractivity contribution in [3.63, 3.8) is 0 Å². The lowest BCUT2D eigenvalue weighted by molar-refractivity contribution is 0.483. The lowest BCUT2D eigenvalue weighted by Crippen LogP contribution is -2.25. The molecule has 14 rings (SSSR count). The average Bonchev–Trinajstić information content (AvgIpc) is 4.06. The maximum absolute atomic E-state index is 6.93. The SMILES string of the molecule is CC(C)(C)c1ccc(-c2cccc(-c3ccccc3)c2N2CN(c3cccc(Oc4ccc5c6cccc7c8cccc9c%10ccccc%10n(c%10cccnc%10n(c5c4)c67)c98)c3)c3ccccc32)cc1. The first kappa shape index (κ1) is 40.2. The Morgan fingerprint density at radius 2 is 1.00 bits per heavy atom. The zero-order valence-corrected chi connectivity index (χ0v) is 39.1. The minimum atomic E-state index is 0.0619. The number of para-hydroxylation sites is 6. The van der Waals surface area contributed by atoms with Crippen LogP contribution in [0.4, 0.5) is 22.7 Å². The van der Waals surface area contributed by atoms with Gasteiger partial charge in [0.25, 0.3) is 0 Å². The number of nitrogens with zero attached hydrogens (tertiary/aromatic N) is 5. The lowest BCUT2D eigenvalue weighted by atomic mass is 9.86. The standard InChI is InChI=1S/C64H47N5O/c1-64(2,3)43-33-31-42(32-34-43)48-22-12-21-47(41-16-5-4-6-17-41)60(48)67-40-66(56-28-9-10-29-57(56)67)44-18-11-19-45(38-44)70-46-35-36-50-52-24-14-26-54-53-25-13-23-51-49-20-7-8-27-55(49)68(61(51)53)58-30-15-37-65-63(58)69(62(52)54)59(50)39-46/h4-39H,40H2,1-3H3. The Morgan fingerprint density at radius 1 is 0.429 bits per heavy atom. The number of hydrogen-bond acceptors (Lipinski definition) is 4. The largest absolute Gasteiger partial charge is 0.457 e. The van der Waals surface area contributed by atoms with Crippen molar-refractivity contribution >= 4 is 88.3 Å². The Bertz CT molecular complexity index is 4240. The summed E-state index contributed by atoms with van der Waals surface area (Å²) in [5.74, 6) is 1.51. The molecule has 13 aromatic rings. The van der Waals surface area contributed by atoms with Crippen LogP contribution >= 0.6 is 0 Å². The second-order valence-electron chi connectivity index (χ2n) is 19.6. The summed E-state index contributed by atoms with van der Waals surface area (Å²) in [6.07, 6.45) is 1.91. The van der Waals surface area contributed by atoms with Gasteiger partial charge in [0.2, 0.25) is 0 Å². The molecule has 1 aliphatic rings. The minimum Gasteiger partial charge on any atom is -0.457 e. The van der Waals surface area contributed by atoms with Gasteiger partial charge in [0, 0.05) is 67.5 Å². The summed E-state index contributed by atoms with van der Waals surface area (Å²) >= 11 is 0. The van der Waals surface area contributed by atoms with E-state index in [-0.39, 0.29) is 5.41 Å². The molecule has 0 spiro atoms. The number of rotatable bonds is 6. The van der Waals surface area contributed by atoms with Crippen molar-refractivity contribution in [2.24, 2.45) is 0 Å². The Morgan fingerprint density at radius 3 is 1.74 bits per heavy atom. The van der Waals surface area contributed by atoms with E-state index in [1.165, 1.54) is 66.0 Å². The van der Waals surface area contributed by atoms with Gasteiger partial charge in [-0.15, -0.1) is 0 Å². The fourth-order valence-electron chi connectivity index (χ4n) is 11.3. The first-order valence-corrected chi connectivity index (χ1v) is 24.1. The molecule has 5 heterocycles. The van der Waals surface area contributed by atoms with Crippen LogP contribution in [0.5, 0.6) is 11.5 Å². The van der Waals surface area contributed by atoms with Crippen molar-refractivity contribution in [3.8, 4) is 33.8 Å². The first-order valence-electron chi connectivity index (χ1n) is 24.1. The van der Waals surface area contributed by atoms with Crippen LogP contribution in [0, 0.1) is 0 Å². The van der Waals surface area contributed by atoms with Crippen molar-refractivity contribution < 1.29 is 4.74 Å². The smallest absolute Gasteiger partial charge is 0.162 e. The molecule has 6 heteroatoms. The molecule has 0 atom stereocenters. The van der Waals surface area contributed by atoms with Crippen LogP contribution in [-0.4, -0.2) is 20.5 Å². The Labute approximate surface area is 405 Å². The van der Waals surface area contributed by atoms with Crippen molar-refractivity contribution in [2.45, 2.75) is 26.2 Å². The number of anilines is 4. The highest BCUT2D eigenvalue weighted by atomic mass is 16.5. The van der Waals surface area contributed by atoms with E-state index < -0.39 is 0 Å². The van der Waals surface area contributed by atoms with E-state index in [0.29, 0.717) is 6.67 Å². The van der Waals surface area contributed by atoms with Gasteiger partial charge in [-0.2, -0.15) is 0 Å². The fraction of sp³-hybridized carbons (Fsp3) is 0.0781. The molecule has 9 aromatic carbocycles. The van der Waals surface area contributed by atoms with Crippen LogP contribution in [0.2, 0.25) is 0 Å². The molecule has 0 aliphatic carbocycles. The molecular weight excluding hydrogens is 855 g/mol. The molecule has 0 fully saturated rings. The monoisotopic (exact) mass is 901 g/mol. The zero-order valence-electron chi connectivity index (χ0n) is 39.1. The van der Waals surface area contributed by atoms with Crippen molar-refractivity contribution in [1.29, 1.82) is 0 Å². The maximum atomic E-state index is 6.93. The quantitative estimate of drug-likeness (QED) is 0.167. The molecule has 0 amide bonds. The maximum Gasteiger partial charge on any atom is 0.162 e. The van der Waals surface area contributed by atoms with E-state index in [2.05, 4.69) is 246 Å². The van der Waals surface area contributed by atoms with Gasteiger partial charge in [-0.25, -0.2) is 4.98 Å². The van der Waals surface area contributed by atoms with E-state index >= 15 is 0 Å².